The lowest BCUT2D eigenvalue weighted by molar-refractivity contribution is 0.317. The number of hydrogen-bond donors (Lipinski definition) is 1. The van der Waals surface area contributed by atoms with Crippen molar-refractivity contribution in [2.45, 2.75) is 12.8 Å². The fourth-order valence-electron chi connectivity index (χ4n) is 1.46. The fraction of sp³-hybridized carbons (Fsp3) is 0.250. The largest absolute Gasteiger partial charge is 0.503 e. The maximum atomic E-state index is 9.84. The van der Waals surface area contributed by atoms with Crippen molar-refractivity contribution < 1.29 is 9.84 Å². The quantitative estimate of drug-likeness (QED) is 0.832. The van der Waals surface area contributed by atoms with E-state index in [9.17, 15) is 5.11 Å². The van der Waals surface area contributed by atoms with Gasteiger partial charge in [-0.15, -0.1) is 22.9 Å². The molecule has 3 nitrogen and oxygen atoms in total. The minimum absolute atomic E-state index is 0.106. The Morgan fingerprint density at radius 3 is 2.89 bits per heavy atom. The molecule has 2 aromatic rings. The molecule has 1 heterocycles. The molecule has 0 radical (unpaired) electrons. The SMILES string of the molecule is CCOc1cc(-c2nc(CCl)cs2)cc(Br)c1O. The number of phenolic OH excluding ortho intramolecular Hbond substituents is 1. The first-order valence-corrected chi connectivity index (χ1v) is 7.52. The van der Waals surface area contributed by atoms with Gasteiger partial charge in [-0.2, -0.15) is 0 Å². The molecule has 2 rings (SSSR count). The summed E-state index contributed by atoms with van der Waals surface area (Å²) >= 11 is 10.6. The smallest absolute Gasteiger partial charge is 0.172 e. The van der Waals surface area contributed by atoms with Gasteiger partial charge in [0.05, 0.1) is 22.7 Å². The second-order valence-electron chi connectivity index (χ2n) is 3.52. The molecule has 0 bridgehead atoms. The van der Waals surface area contributed by atoms with E-state index in [1.54, 1.807) is 6.07 Å². The van der Waals surface area contributed by atoms with E-state index in [1.165, 1.54) is 11.3 Å². The van der Waals surface area contributed by atoms with Crippen molar-refractivity contribution in [1.82, 2.24) is 4.98 Å². The number of hydrogen-bond acceptors (Lipinski definition) is 4. The van der Waals surface area contributed by atoms with Crippen LogP contribution in [0.4, 0.5) is 0 Å². The molecule has 0 aliphatic rings. The van der Waals surface area contributed by atoms with Crippen molar-refractivity contribution in [2.75, 3.05) is 6.61 Å². The van der Waals surface area contributed by atoms with Gasteiger partial charge in [0.15, 0.2) is 11.5 Å². The van der Waals surface area contributed by atoms with E-state index >= 15 is 0 Å². The molecule has 0 atom stereocenters. The number of aromatic nitrogens is 1. The molecular formula is C12H11BrClNO2S. The summed E-state index contributed by atoms with van der Waals surface area (Å²) in [6.45, 7) is 2.36. The normalized spacial score (nSPS) is 10.6. The Morgan fingerprint density at radius 2 is 2.28 bits per heavy atom. The number of phenols is 1. The summed E-state index contributed by atoms with van der Waals surface area (Å²) in [5, 5.41) is 12.6. The molecule has 1 aromatic heterocycles. The van der Waals surface area contributed by atoms with Crippen LogP contribution in [0.2, 0.25) is 0 Å². The highest BCUT2D eigenvalue weighted by atomic mass is 79.9. The lowest BCUT2D eigenvalue weighted by Gasteiger charge is -2.09. The van der Waals surface area contributed by atoms with Gasteiger partial charge in [-0.05, 0) is 35.0 Å². The first-order valence-electron chi connectivity index (χ1n) is 5.31. The van der Waals surface area contributed by atoms with E-state index in [2.05, 4.69) is 20.9 Å². The Hall–Kier alpha value is -0.780. The lowest BCUT2D eigenvalue weighted by Crippen LogP contribution is -1.93. The van der Waals surface area contributed by atoms with Gasteiger partial charge in [0, 0.05) is 10.9 Å². The van der Waals surface area contributed by atoms with Crippen LogP contribution in [0.3, 0.4) is 0 Å². The maximum Gasteiger partial charge on any atom is 0.172 e. The standard InChI is InChI=1S/C12H11BrClNO2S/c1-2-17-10-4-7(3-9(13)11(10)16)12-15-8(5-14)6-18-12/h3-4,6,16H,2,5H2,1H3. The van der Waals surface area contributed by atoms with Gasteiger partial charge in [0.2, 0.25) is 0 Å². The van der Waals surface area contributed by atoms with Gasteiger partial charge < -0.3 is 9.84 Å². The van der Waals surface area contributed by atoms with E-state index in [1.807, 2.05) is 18.4 Å². The minimum atomic E-state index is 0.106. The van der Waals surface area contributed by atoms with Gasteiger partial charge in [-0.3, -0.25) is 0 Å². The molecule has 0 aliphatic carbocycles. The summed E-state index contributed by atoms with van der Waals surface area (Å²) in [7, 11) is 0. The van der Waals surface area contributed by atoms with Gasteiger partial charge >= 0.3 is 0 Å². The first kappa shape index (κ1) is 13.6. The van der Waals surface area contributed by atoms with Crippen molar-refractivity contribution in [2.24, 2.45) is 0 Å². The fourth-order valence-corrected chi connectivity index (χ4v) is 2.94. The molecule has 0 aliphatic heterocycles. The summed E-state index contributed by atoms with van der Waals surface area (Å²) in [4.78, 5) is 4.40. The lowest BCUT2D eigenvalue weighted by atomic mass is 10.2. The molecule has 1 aromatic carbocycles. The van der Waals surface area contributed by atoms with Crippen LogP contribution < -0.4 is 4.74 Å². The zero-order chi connectivity index (χ0) is 13.1. The summed E-state index contributed by atoms with van der Waals surface area (Å²) < 4.78 is 5.97. The van der Waals surface area contributed by atoms with Crippen molar-refractivity contribution in [1.29, 1.82) is 0 Å². The van der Waals surface area contributed by atoms with E-state index in [4.69, 9.17) is 16.3 Å². The van der Waals surface area contributed by atoms with Crippen molar-refractivity contribution in [3.05, 3.63) is 27.7 Å². The van der Waals surface area contributed by atoms with Gasteiger partial charge in [-0.1, -0.05) is 0 Å². The average molecular weight is 349 g/mol. The molecule has 0 spiro atoms. The number of aromatic hydroxyl groups is 1. The van der Waals surface area contributed by atoms with Crippen LogP contribution in [-0.4, -0.2) is 16.7 Å². The highest BCUT2D eigenvalue weighted by Gasteiger charge is 2.12. The molecule has 0 amide bonds. The Kier molecular flexibility index (Phi) is 4.48. The Balaban J connectivity index is 2.44. The summed E-state index contributed by atoms with van der Waals surface area (Å²) in [6.07, 6.45) is 0. The number of thiazole rings is 1. The maximum absolute atomic E-state index is 9.84. The Bertz CT molecular complexity index is 559. The molecule has 0 fully saturated rings. The van der Waals surface area contributed by atoms with Crippen LogP contribution in [0.15, 0.2) is 22.0 Å². The summed E-state index contributed by atoms with van der Waals surface area (Å²) in [5.74, 6) is 0.952. The van der Waals surface area contributed by atoms with Crippen LogP contribution in [0.5, 0.6) is 11.5 Å². The Morgan fingerprint density at radius 1 is 1.50 bits per heavy atom. The molecule has 96 valence electrons. The van der Waals surface area contributed by atoms with Crippen molar-refractivity contribution in [3.8, 4) is 22.1 Å². The monoisotopic (exact) mass is 347 g/mol. The Labute approximate surface area is 123 Å². The van der Waals surface area contributed by atoms with Gasteiger partial charge in [-0.25, -0.2) is 4.98 Å². The number of nitrogens with zero attached hydrogens (tertiary/aromatic N) is 1. The predicted molar refractivity (Wildman–Crippen MR) is 77.6 cm³/mol. The second-order valence-corrected chi connectivity index (χ2v) is 5.50. The molecule has 1 N–H and O–H groups in total. The highest BCUT2D eigenvalue weighted by molar-refractivity contribution is 9.10. The molecule has 0 unspecified atom stereocenters. The number of halogens is 2. The summed E-state index contributed by atoms with van der Waals surface area (Å²) in [5.41, 5.74) is 1.74. The zero-order valence-electron chi connectivity index (χ0n) is 9.61. The first-order chi connectivity index (χ1) is 8.65. The van der Waals surface area contributed by atoms with Crippen molar-refractivity contribution in [3.63, 3.8) is 0 Å². The molecule has 6 heteroatoms. The predicted octanol–water partition coefficient (Wildman–Crippen LogP) is 4.42. The number of benzene rings is 1. The van der Waals surface area contributed by atoms with E-state index in [0.717, 1.165) is 16.3 Å². The molecule has 0 saturated carbocycles. The highest BCUT2D eigenvalue weighted by Crippen LogP contribution is 2.39. The number of alkyl halides is 1. The zero-order valence-corrected chi connectivity index (χ0v) is 12.8. The van der Waals surface area contributed by atoms with Crippen LogP contribution in [-0.2, 0) is 5.88 Å². The third kappa shape index (κ3) is 2.79. The van der Waals surface area contributed by atoms with Crippen LogP contribution >= 0.6 is 38.9 Å². The van der Waals surface area contributed by atoms with Gasteiger partial charge in [0.1, 0.15) is 5.01 Å². The molecule has 0 saturated heterocycles. The van der Waals surface area contributed by atoms with Gasteiger partial charge in [0.25, 0.3) is 0 Å². The van der Waals surface area contributed by atoms with Crippen LogP contribution in [0, 0.1) is 0 Å². The summed E-state index contributed by atoms with van der Waals surface area (Å²) in [6, 6.07) is 3.59. The number of rotatable bonds is 4. The molecule has 18 heavy (non-hydrogen) atoms. The third-order valence-electron chi connectivity index (χ3n) is 2.26. The average Bonchev–Trinajstić information content (AvgIpc) is 2.83. The van der Waals surface area contributed by atoms with Crippen LogP contribution in [0.25, 0.3) is 10.6 Å². The third-order valence-corrected chi connectivity index (χ3v) is 4.08. The topological polar surface area (TPSA) is 42.4 Å². The minimum Gasteiger partial charge on any atom is -0.503 e. The van der Waals surface area contributed by atoms with Crippen molar-refractivity contribution >= 4 is 38.9 Å². The number of ether oxygens (including phenoxy) is 1. The van der Waals surface area contributed by atoms with E-state index in [-0.39, 0.29) is 5.75 Å². The van der Waals surface area contributed by atoms with Crippen LogP contribution in [0.1, 0.15) is 12.6 Å². The molecular weight excluding hydrogens is 338 g/mol. The van der Waals surface area contributed by atoms with E-state index < -0.39 is 0 Å². The van der Waals surface area contributed by atoms with E-state index in [0.29, 0.717) is 22.7 Å². The second kappa shape index (κ2) is 5.91.